The van der Waals surface area contributed by atoms with Crippen LogP contribution in [0.4, 0.5) is 4.79 Å². The largest absolute Gasteiger partial charge is 0.467 e. The van der Waals surface area contributed by atoms with Gasteiger partial charge in [0.2, 0.25) is 5.91 Å². The molecule has 1 rings (SSSR count). The van der Waals surface area contributed by atoms with Gasteiger partial charge in [0.25, 0.3) is 0 Å². The predicted octanol–water partition coefficient (Wildman–Crippen LogP) is 2.09. The van der Waals surface area contributed by atoms with Gasteiger partial charge in [-0.3, -0.25) is 4.79 Å². The van der Waals surface area contributed by atoms with E-state index in [0.717, 1.165) is 12.8 Å². The third-order valence-corrected chi connectivity index (χ3v) is 3.99. The zero-order chi connectivity index (χ0) is 18.5. The molecule has 1 N–H and O–H groups in total. The summed E-state index contributed by atoms with van der Waals surface area (Å²) in [5.41, 5.74) is -0.539. The Morgan fingerprint density at radius 3 is 2.42 bits per heavy atom. The van der Waals surface area contributed by atoms with Crippen molar-refractivity contribution in [2.24, 2.45) is 5.92 Å². The van der Waals surface area contributed by atoms with E-state index in [2.05, 4.69) is 10.1 Å². The standard InChI is InChI=1S/C17H30N2O5/c1-11(14(20)18-12(2)15(21)23-6)10-13-8-7-9-19(13)16(22)24-17(3,4)5/h11-13H,7-10H2,1-6H3,(H,18,20). The number of likely N-dealkylation sites (tertiary alicyclic amines) is 1. The number of methoxy groups -OCH3 is 1. The molecule has 0 aromatic carbocycles. The van der Waals surface area contributed by atoms with Gasteiger partial charge in [0.05, 0.1) is 7.11 Å². The highest BCUT2D eigenvalue weighted by molar-refractivity contribution is 5.85. The second-order valence-electron chi connectivity index (χ2n) is 7.36. The van der Waals surface area contributed by atoms with Crippen molar-refractivity contribution in [2.75, 3.05) is 13.7 Å². The number of amides is 2. The fraction of sp³-hybridized carbons (Fsp3) is 0.824. The Morgan fingerprint density at radius 1 is 1.25 bits per heavy atom. The fourth-order valence-electron chi connectivity index (χ4n) is 2.75. The number of nitrogens with one attached hydrogen (secondary N) is 1. The summed E-state index contributed by atoms with van der Waals surface area (Å²) in [5.74, 6) is -1.01. The lowest BCUT2D eigenvalue weighted by atomic mass is 9.99. The van der Waals surface area contributed by atoms with E-state index in [1.54, 1.807) is 18.7 Å². The van der Waals surface area contributed by atoms with Gasteiger partial charge < -0.3 is 19.7 Å². The topological polar surface area (TPSA) is 84.9 Å². The molecule has 1 heterocycles. The lowest BCUT2D eigenvalue weighted by molar-refractivity contribution is -0.145. The van der Waals surface area contributed by atoms with E-state index >= 15 is 0 Å². The lowest BCUT2D eigenvalue weighted by Crippen LogP contribution is -2.44. The first kappa shape index (κ1) is 20.3. The Labute approximate surface area is 144 Å². The van der Waals surface area contributed by atoms with Crippen LogP contribution in [0, 0.1) is 5.92 Å². The summed E-state index contributed by atoms with van der Waals surface area (Å²) in [6.07, 6.45) is 1.96. The molecule has 1 saturated heterocycles. The van der Waals surface area contributed by atoms with E-state index in [1.165, 1.54) is 7.11 Å². The van der Waals surface area contributed by atoms with Crippen molar-refractivity contribution in [3.63, 3.8) is 0 Å². The number of ether oxygens (including phenoxy) is 2. The van der Waals surface area contributed by atoms with Crippen LogP contribution in [0.5, 0.6) is 0 Å². The Balaban J connectivity index is 2.58. The summed E-state index contributed by atoms with van der Waals surface area (Å²) in [4.78, 5) is 37.6. The summed E-state index contributed by atoms with van der Waals surface area (Å²) in [5, 5.41) is 2.64. The van der Waals surface area contributed by atoms with Crippen LogP contribution in [0.25, 0.3) is 0 Å². The maximum Gasteiger partial charge on any atom is 0.410 e. The van der Waals surface area contributed by atoms with Crippen molar-refractivity contribution in [1.82, 2.24) is 10.2 Å². The van der Waals surface area contributed by atoms with Crippen LogP contribution in [0.1, 0.15) is 53.9 Å². The molecule has 0 bridgehead atoms. The smallest absolute Gasteiger partial charge is 0.410 e. The number of hydrogen-bond acceptors (Lipinski definition) is 5. The van der Waals surface area contributed by atoms with Gasteiger partial charge in [-0.2, -0.15) is 0 Å². The Kier molecular flexibility index (Phi) is 7.05. The second-order valence-corrected chi connectivity index (χ2v) is 7.36. The maximum absolute atomic E-state index is 12.3. The molecule has 0 spiro atoms. The van der Waals surface area contributed by atoms with Gasteiger partial charge in [0.1, 0.15) is 11.6 Å². The minimum absolute atomic E-state index is 0.0194. The van der Waals surface area contributed by atoms with E-state index in [4.69, 9.17) is 4.74 Å². The van der Waals surface area contributed by atoms with Gasteiger partial charge in [0, 0.05) is 18.5 Å². The molecule has 24 heavy (non-hydrogen) atoms. The highest BCUT2D eigenvalue weighted by Gasteiger charge is 2.34. The van der Waals surface area contributed by atoms with E-state index in [-0.39, 0.29) is 24.0 Å². The van der Waals surface area contributed by atoms with Gasteiger partial charge in [-0.05, 0) is 47.0 Å². The minimum atomic E-state index is -0.685. The lowest BCUT2D eigenvalue weighted by Gasteiger charge is -2.29. The normalized spacial score (nSPS) is 20.2. The number of carbonyl (C=O) groups is 3. The molecule has 0 radical (unpaired) electrons. The second kappa shape index (κ2) is 8.35. The molecule has 138 valence electrons. The highest BCUT2D eigenvalue weighted by Crippen LogP contribution is 2.25. The molecule has 3 atom stereocenters. The molecule has 0 saturated carbocycles. The highest BCUT2D eigenvalue weighted by atomic mass is 16.6. The van der Waals surface area contributed by atoms with Crippen molar-refractivity contribution in [1.29, 1.82) is 0 Å². The van der Waals surface area contributed by atoms with Gasteiger partial charge in [-0.25, -0.2) is 9.59 Å². The number of carbonyl (C=O) groups excluding carboxylic acids is 3. The Morgan fingerprint density at radius 2 is 1.88 bits per heavy atom. The summed E-state index contributed by atoms with van der Waals surface area (Å²) in [6.45, 7) is 9.52. The third kappa shape index (κ3) is 6.02. The number of hydrogen-bond donors (Lipinski definition) is 1. The van der Waals surface area contributed by atoms with Crippen LogP contribution in [-0.2, 0) is 19.1 Å². The molecule has 1 fully saturated rings. The SMILES string of the molecule is COC(=O)C(C)NC(=O)C(C)CC1CCCN1C(=O)OC(C)(C)C. The predicted molar refractivity (Wildman–Crippen MR) is 89.4 cm³/mol. The van der Waals surface area contributed by atoms with Crippen LogP contribution in [0.3, 0.4) is 0 Å². The number of rotatable bonds is 5. The first-order valence-corrected chi connectivity index (χ1v) is 8.43. The van der Waals surface area contributed by atoms with Crippen molar-refractivity contribution in [2.45, 2.75) is 71.6 Å². The van der Waals surface area contributed by atoms with Crippen LogP contribution in [0.2, 0.25) is 0 Å². The van der Waals surface area contributed by atoms with Gasteiger partial charge in [0.15, 0.2) is 0 Å². The summed E-state index contributed by atoms with van der Waals surface area (Å²) in [7, 11) is 1.28. The molecule has 1 aliphatic heterocycles. The quantitative estimate of drug-likeness (QED) is 0.773. The van der Waals surface area contributed by atoms with Gasteiger partial charge in [-0.15, -0.1) is 0 Å². The molecule has 3 unspecified atom stereocenters. The van der Waals surface area contributed by atoms with E-state index in [9.17, 15) is 14.4 Å². The van der Waals surface area contributed by atoms with Crippen molar-refractivity contribution >= 4 is 18.0 Å². The molecule has 7 nitrogen and oxygen atoms in total. The monoisotopic (exact) mass is 342 g/mol. The van der Waals surface area contributed by atoms with Crippen LogP contribution in [-0.4, -0.2) is 54.2 Å². The number of esters is 1. The number of nitrogens with zero attached hydrogens (tertiary/aromatic N) is 1. The van der Waals surface area contributed by atoms with Crippen molar-refractivity contribution in [3.8, 4) is 0 Å². The molecular formula is C17H30N2O5. The first-order valence-electron chi connectivity index (χ1n) is 8.43. The zero-order valence-corrected chi connectivity index (χ0v) is 15.5. The van der Waals surface area contributed by atoms with Crippen LogP contribution >= 0.6 is 0 Å². The van der Waals surface area contributed by atoms with Crippen LogP contribution in [0.15, 0.2) is 0 Å². The van der Waals surface area contributed by atoms with Gasteiger partial charge >= 0.3 is 12.1 Å². The average molecular weight is 342 g/mol. The van der Waals surface area contributed by atoms with Crippen molar-refractivity contribution in [3.05, 3.63) is 0 Å². The maximum atomic E-state index is 12.3. The van der Waals surface area contributed by atoms with Gasteiger partial charge in [-0.1, -0.05) is 6.92 Å². The average Bonchev–Trinajstić information content (AvgIpc) is 2.92. The van der Waals surface area contributed by atoms with E-state index < -0.39 is 17.6 Å². The van der Waals surface area contributed by atoms with Crippen LogP contribution < -0.4 is 5.32 Å². The van der Waals surface area contributed by atoms with E-state index in [1.807, 2.05) is 20.8 Å². The molecule has 1 aliphatic rings. The fourth-order valence-corrected chi connectivity index (χ4v) is 2.75. The molecule has 0 aromatic rings. The molecule has 2 amide bonds. The molecule has 0 aliphatic carbocycles. The van der Waals surface area contributed by atoms with E-state index in [0.29, 0.717) is 13.0 Å². The summed E-state index contributed by atoms with van der Waals surface area (Å²) in [6, 6.07) is -0.704. The summed E-state index contributed by atoms with van der Waals surface area (Å²) >= 11 is 0. The molecule has 7 heteroatoms. The molecule has 0 aromatic heterocycles. The Hall–Kier alpha value is -1.79. The third-order valence-electron chi connectivity index (χ3n) is 3.99. The van der Waals surface area contributed by atoms with Crippen molar-refractivity contribution < 1.29 is 23.9 Å². The first-order chi connectivity index (χ1) is 11.0. The summed E-state index contributed by atoms with van der Waals surface area (Å²) < 4.78 is 10.0. The minimum Gasteiger partial charge on any atom is -0.467 e. The zero-order valence-electron chi connectivity index (χ0n) is 15.5. The molecular weight excluding hydrogens is 312 g/mol. The Bertz CT molecular complexity index is 472.